The minimum Gasteiger partial charge on any atom is -0.206 e. The first-order valence-electron chi connectivity index (χ1n) is 10.4. The normalized spacial score (nSPS) is 10.3. The fourth-order valence-electron chi connectivity index (χ4n) is 3.44. The average Bonchev–Trinajstić information content (AvgIpc) is 2.80. The van der Waals surface area contributed by atoms with Crippen molar-refractivity contribution in [1.29, 1.82) is 0 Å². The molecule has 4 heteroatoms. The summed E-state index contributed by atoms with van der Waals surface area (Å²) in [4.78, 5) is 0. The monoisotopic (exact) mass is 442 g/mol. The van der Waals surface area contributed by atoms with Crippen LogP contribution in [0.25, 0.3) is 10.8 Å². The summed E-state index contributed by atoms with van der Waals surface area (Å²) < 4.78 is 55.6. The SMILES string of the molecule is CCCc1cc(F)c(C#Cc2ccc(C#Cc3ccc4c(F)c(F)ccc4c3)cc2)c(F)c1. The minimum atomic E-state index is -0.886. The Bertz CT molecular complexity index is 1440. The van der Waals surface area contributed by atoms with Crippen LogP contribution in [0.5, 0.6) is 0 Å². The van der Waals surface area contributed by atoms with E-state index in [-0.39, 0.29) is 10.9 Å². The van der Waals surface area contributed by atoms with Crippen molar-refractivity contribution in [2.24, 2.45) is 0 Å². The molecule has 162 valence electrons. The molecular weight excluding hydrogens is 424 g/mol. The molecule has 0 N–H and O–H groups in total. The van der Waals surface area contributed by atoms with E-state index in [4.69, 9.17) is 0 Å². The third-order valence-corrected chi connectivity index (χ3v) is 5.12. The van der Waals surface area contributed by atoms with Crippen molar-refractivity contribution in [3.63, 3.8) is 0 Å². The maximum absolute atomic E-state index is 14.2. The number of hydrogen-bond acceptors (Lipinski definition) is 0. The average molecular weight is 442 g/mol. The molecule has 0 bridgehead atoms. The molecule has 0 radical (unpaired) electrons. The number of fused-ring (bicyclic) bond motifs is 1. The van der Waals surface area contributed by atoms with E-state index in [1.165, 1.54) is 24.3 Å². The predicted octanol–water partition coefficient (Wildman–Crippen LogP) is 7.15. The summed E-state index contributed by atoms with van der Waals surface area (Å²) >= 11 is 0. The molecule has 0 atom stereocenters. The van der Waals surface area contributed by atoms with Crippen LogP contribution >= 0.6 is 0 Å². The van der Waals surface area contributed by atoms with E-state index in [1.807, 2.05) is 6.92 Å². The lowest BCUT2D eigenvalue weighted by atomic mass is 10.1. The second-order valence-electron chi connectivity index (χ2n) is 7.56. The van der Waals surface area contributed by atoms with Gasteiger partial charge in [-0.05, 0) is 72.0 Å². The van der Waals surface area contributed by atoms with Crippen LogP contribution in [-0.2, 0) is 6.42 Å². The second-order valence-corrected chi connectivity index (χ2v) is 7.56. The van der Waals surface area contributed by atoms with E-state index in [0.717, 1.165) is 12.5 Å². The number of halogens is 4. The molecule has 0 fully saturated rings. The Morgan fingerprint density at radius 2 is 1.18 bits per heavy atom. The predicted molar refractivity (Wildman–Crippen MR) is 123 cm³/mol. The zero-order valence-corrected chi connectivity index (χ0v) is 17.8. The molecule has 0 aromatic heterocycles. The van der Waals surface area contributed by atoms with Crippen molar-refractivity contribution in [3.05, 3.63) is 118 Å². The van der Waals surface area contributed by atoms with Crippen molar-refractivity contribution in [1.82, 2.24) is 0 Å². The Labute approximate surface area is 189 Å². The summed E-state index contributed by atoms with van der Waals surface area (Å²) in [6.07, 6.45) is 1.41. The van der Waals surface area contributed by atoms with Gasteiger partial charge in [0.25, 0.3) is 0 Å². The van der Waals surface area contributed by atoms with E-state index in [2.05, 4.69) is 23.7 Å². The third-order valence-electron chi connectivity index (χ3n) is 5.12. The van der Waals surface area contributed by atoms with Gasteiger partial charge >= 0.3 is 0 Å². The van der Waals surface area contributed by atoms with E-state index in [1.54, 1.807) is 36.4 Å². The molecule has 0 aliphatic carbocycles. The zero-order chi connectivity index (χ0) is 23.4. The minimum absolute atomic E-state index is 0.205. The summed E-state index contributed by atoms with van der Waals surface area (Å²) in [5.74, 6) is 8.27. The van der Waals surface area contributed by atoms with Gasteiger partial charge in [-0.1, -0.05) is 49.2 Å². The van der Waals surface area contributed by atoms with Gasteiger partial charge in [0, 0.05) is 22.1 Å². The fraction of sp³-hybridized carbons (Fsp3) is 0.103. The molecule has 0 heterocycles. The highest BCUT2D eigenvalue weighted by Crippen LogP contribution is 2.21. The maximum atomic E-state index is 14.2. The molecule has 4 aromatic rings. The topological polar surface area (TPSA) is 0 Å². The third kappa shape index (κ3) is 5.08. The van der Waals surface area contributed by atoms with Crippen molar-refractivity contribution in [3.8, 4) is 23.7 Å². The van der Waals surface area contributed by atoms with Gasteiger partial charge in [-0.3, -0.25) is 0 Å². The fourth-order valence-corrected chi connectivity index (χ4v) is 3.44. The maximum Gasteiger partial charge on any atom is 0.166 e. The summed E-state index contributed by atoms with van der Waals surface area (Å²) in [5, 5.41) is 0.768. The Hall–Kier alpha value is -4.02. The molecule has 4 aromatic carbocycles. The van der Waals surface area contributed by atoms with E-state index in [9.17, 15) is 17.6 Å². The Morgan fingerprint density at radius 3 is 1.82 bits per heavy atom. The lowest BCUT2D eigenvalue weighted by Crippen LogP contribution is -1.94. The number of aryl methyl sites for hydroxylation is 1. The van der Waals surface area contributed by atoms with Gasteiger partial charge in [-0.15, -0.1) is 0 Å². The van der Waals surface area contributed by atoms with Gasteiger partial charge in [0.2, 0.25) is 0 Å². The molecule has 0 nitrogen and oxygen atoms in total. The van der Waals surface area contributed by atoms with Gasteiger partial charge < -0.3 is 0 Å². The largest absolute Gasteiger partial charge is 0.206 e. The molecule has 0 spiro atoms. The van der Waals surface area contributed by atoms with Crippen LogP contribution in [0.4, 0.5) is 17.6 Å². The molecule has 0 aliphatic rings. The Morgan fingerprint density at radius 1 is 0.606 bits per heavy atom. The van der Waals surface area contributed by atoms with Gasteiger partial charge in [-0.25, -0.2) is 17.6 Å². The summed E-state index contributed by atoms with van der Waals surface area (Å²) in [5.41, 5.74) is 2.35. The summed E-state index contributed by atoms with van der Waals surface area (Å²) in [7, 11) is 0. The molecule has 0 saturated heterocycles. The molecular formula is C29H18F4. The molecule has 4 rings (SSSR count). The van der Waals surface area contributed by atoms with E-state index in [0.29, 0.717) is 34.1 Å². The molecule has 0 amide bonds. The highest BCUT2D eigenvalue weighted by Gasteiger charge is 2.09. The lowest BCUT2D eigenvalue weighted by molar-refractivity contribution is 0.517. The van der Waals surface area contributed by atoms with Gasteiger partial charge in [0.1, 0.15) is 11.6 Å². The second kappa shape index (κ2) is 9.63. The quantitative estimate of drug-likeness (QED) is 0.228. The number of hydrogen-bond donors (Lipinski definition) is 0. The van der Waals surface area contributed by atoms with Crippen LogP contribution in [0.2, 0.25) is 0 Å². The first-order valence-corrected chi connectivity index (χ1v) is 10.4. The van der Waals surface area contributed by atoms with Crippen molar-refractivity contribution in [2.75, 3.05) is 0 Å². The molecule has 33 heavy (non-hydrogen) atoms. The number of benzene rings is 4. The highest BCUT2D eigenvalue weighted by atomic mass is 19.2. The van der Waals surface area contributed by atoms with Crippen molar-refractivity contribution in [2.45, 2.75) is 19.8 Å². The first-order chi connectivity index (χ1) is 15.9. The first kappa shape index (κ1) is 22.2. The van der Waals surface area contributed by atoms with Crippen LogP contribution in [-0.4, -0.2) is 0 Å². The lowest BCUT2D eigenvalue weighted by Gasteiger charge is -2.02. The Kier molecular flexibility index (Phi) is 6.48. The van der Waals surface area contributed by atoms with Gasteiger partial charge in [0.05, 0.1) is 5.56 Å². The molecule has 0 unspecified atom stereocenters. The van der Waals surface area contributed by atoms with E-state index < -0.39 is 23.3 Å². The summed E-state index contributed by atoms with van der Waals surface area (Å²) in [6.45, 7) is 1.95. The van der Waals surface area contributed by atoms with Gasteiger partial charge in [0.15, 0.2) is 11.6 Å². The van der Waals surface area contributed by atoms with Crippen LogP contribution < -0.4 is 0 Å². The smallest absolute Gasteiger partial charge is 0.166 e. The molecule has 0 aliphatic heterocycles. The highest BCUT2D eigenvalue weighted by molar-refractivity contribution is 5.84. The Balaban J connectivity index is 1.53. The standard InChI is InChI=1S/C29H18F4/c1-2-3-22-17-27(31)25(28(32)18-22)14-10-20-6-4-19(5-7-20)8-9-21-11-13-24-23(16-21)12-15-26(30)29(24)33/h4-7,11-13,15-18H,2-3H2,1H3. The van der Waals surface area contributed by atoms with Crippen LogP contribution in [0.3, 0.4) is 0 Å². The zero-order valence-electron chi connectivity index (χ0n) is 17.8. The van der Waals surface area contributed by atoms with Crippen molar-refractivity contribution >= 4 is 10.8 Å². The van der Waals surface area contributed by atoms with E-state index >= 15 is 0 Å². The number of rotatable bonds is 2. The summed E-state index contributed by atoms with van der Waals surface area (Å²) in [6, 6.07) is 17.0. The van der Waals surface area contributed by atoms with Crippen LogP contribution in [0.15, 0.2) is 66.7 Å². The molecule has 0 saturated carbocycles. The van der Waals surface area contributed by atoms with Crippen molar-refractivity contribution < 1.29 is 17.6 Å². The van der Waals surface area contributed by atoms with Crippen LogP contribution in [0, 0.1) is 47.0 Å². The van der Waals surface area contributed by atoms with Gasteiger partial charge in [-0.2, -0.15) is 0 Å². The van der Waals surface area contributed by atoms with Crippen LogP contribution in [0.1, 0.15) is 41.2 Å².